The Kier molecular flexibility index (Phi) is 5.20. The van der Waals surface area contributed by atoms with Crippen LogP contribution in [0, 0.1) is 6.92 Å². The average molecular weight is 402 g/mol. The van der Waals surface area contributed by atoms with Gasteiger partial charge < -0.3 is 0 Å². The number of rotatable bonds is 6. The van der Waals surface area contributed by atoms with Crippen LogP contribution in [0.4, 0.5) is 11.4 Å². The second kappa shape index (κ2) is 7.42. The van der Waals surface area contributed by atoms with Crippen LogP contribution in [0.2, 0.25) is 0 Å². The quantitative estimate of drug-likeness (QED) is 0.659. The topological polar surface area (TPSA) is 92.3 Å². The van der Waals surface area contributed by atoms with Crippen LogP contribution in [0.15, 0.2) is 88.7 Å². The summed E-state index contributed by atoms with van der Waals surface area (Å²) in [7, 11) is -7.50. The van der Waals surface area contributed by atoms with Gasteiger partial charge >= 0.3 is 0 Å². The second-order valence-corrected chi connectivity index (χ2v) is 9.28. The number of nitrogens with one attached hydrogen (secondary N) is 2. The van der Waals surface area contributed by atoms with Crippen molar-refractivity contribution in [3.63, 3.8) is 0 Å². The van der Waals surface area contributed by atoms with Crippen LogP contribution in [0.1, 0.15) is 5.56 Å². The van der Waals surface area contributed by atoms with Gasteiger partial charge in [0.1, 0.15) is 0 Å². The van der Waals surface area contributed by atoms with Gasteiger partial charge in [0.05, 0.1) is 9.79 Å². The number of aryl methyl sites for hydroxylation is 1. The minimum Gasteiger partial charge on any atom is -0.280 e. The Morgan fingerprint density at radius 1 is 0.556 bits per heavy atom. The Morgan fingerprint density at radius 2 is 0.963 bits per heavy atom. The summed E-state index contributed by atoms with van der Waals surface area (Å²) in [6, 6.07) is 20.4. The molecular weight excluding hydrogens is 384 g/mol. The lowest BCUT2D eigenvalue weighted by Gasteiger charge is -2.10. The third-order valence-electron chi connectivity index (χ3n) is 3.77. The lowest BCUT2D eigenvalue weighted by Crippen LogP contribution is -2.14. The summed E-state index contributed by atoms with van der Waals surface area (Å²) in [4.78, 5) is 0.161. The molecule has 6 nitrogen and oxygen atoms in total. The van der Waals surface area contributed by atoms with Crippen LogP contribution in [0.25, 0.3) is 0 Å². The van der Waals surface area contributed by atoms with Crippen molar-refractivity contribution in [1.29, 1.82) is 0 Å². The van der Waals surface area contributed by atoms with Crippen LogP contribution >= 0.6 is 0 Å². The molecular formula is C19H18N2O4S2. The van der Waals surface area contributed by atoms with Crippen molar-refractivity contribution in [2.75, 3.05) is 9.44 Å². The maximum absolute atomic E-state index is 12.5. The first kappa shape index (κ1) is 18.9. The highest BCUT2D eigenvalue weighted by atomic mass is 32.2. The molecule has 2 N–H and O–H groups in total. The van der Waals surface area contributed by atoms with Gasteiger partial charge in [0.2, 0.25) is 0 Å². The van der Waals surface area contributed by atoms with Crippen molar-refractivity contribution < 1.29 is 16.8 Å². The first-order valence-corrected chi connectivity index (χ1v) is 11.0. The molecule has 8 heteroatoms. The monoisotopic (exact) mass is 402 g/mol. The number of benzene rings is 3. The van der Waals surface area contributed by atoms with Gasteiger partial charge in [-0.05, 0) is 55.5 Å². The molecule has 0 saturated heterocycles. The zero-order chi connectivity index (χ0) is 19.5. The highest BCUT2D eigenvalue weighted by Crippen LogP contribution is 2.20. The molecule has 3 rings (SSSR count). The molecule has 0 atom stereocenters. The largest absolute Gasteiger partial charge is 0.280 e. The lowest BCUT2D eigenvalue weighted by atomic mass is 10.2. The summed E-state index contributed by atoms with van der Waals surface area (Å²) in [6.45, 7) is 1.91. The molecule has 27 heavy (non-hydrogen) atoms. The van der Waals surface area contributed by atoms with Crippen LogP contribution in [0.3, 0.4) is 0 Å². The van der Waals surface area contributed by atoms with E-state index in [1.165, 1.54) is 36.4 Å². The van der Waals surface area contributed by atoms with Crippen molar-refractivity contribution >= 4 is 31.4 Å². The van der Waals surface area contributed by atoms with Crippen LogP contribution in [0.5, 0.6) is 0 Å². The second-order valence-electron chi connectivity index (χ2n) is 5.91. The third-order valence-corrected chi connectivity index (χ3v) is 6.57. The van der Waals surface area contributed by atoms with Gasteiger partial charge in [-0.25, -0.2) is 16.8 Å². The summed E-state index contributed by atoms with van der Waals surface area (Å²) in [6.07, 6.45) is 0. The Balaban J connectivity index is 1.77. The van der Waals surface area contributed by atoms with Gasteiger partial charge in [-0.1, -0.05) is 35.9 Å². The first-order chi connectivity index (χ1) is 12.8. The fourth-order valence-electron chi connectivity index (χ4n) is 2.35. The molecule has 0 spiro atoms. The van der Waals surface area contributed by atoms with Gasteiger partial charge in [-0.3, -0.25) is 9.44 Å². The molecule has 3 aromatic carbocycles. The molecule has 140 valence electrons. The molecule has 0 heterocycles. The molecule has 0 unspecified atom stereocenters. The molecule has 0 bridgehead atoms. The standard InChI is InChI=1S/C19H18N2O4S2/c1-15-7-9-16(10-8-15)20-27(24,25)19-13-11-17(12-14-19)21-26(22,23)18-5-3-2-4-6-18/h2-14,20-21H,1H3. The highest BCUT2D eigenvalue weighted by Gasteiger charge is 2.16. The molecule has 0 aromatic heterocycles. The van der Waals surface area contributed by atoms with E-state index >= 15 is 0 Å². The van der Waals surface area contributed by atoms with Gasteiger partial charge in [-0.15, -0.1) is 0 Å². The van der Waals surface area contributed by atoms with E-state index in [-0.39, 0.29) is 15.5 Å². The van der Waals surface area contributed by atoms with E-state index in [0.29, 0.717) is 5.69 Å². The Hall–Kier alpha value is -2.84. The normalized spacial score (nSPS) is 11.7. The Bertz CT molecular complexity index is 1120. The van der Waals surface area contributed by atoms with E-state index < -0.39 is 20.0 Å². The van der Waals surface area contributed by atoms with E-state index in [2.05, 4.69) is 9.44 Å². The van der Waals surface area contributed by atoms with Gasteiger partial charge in [0, 0.05) is 11.4 Å². The fraction of sp³-hybridized carbons (Fsp3) is 0.0526. The van der Waals surface area contributed by atoms with Crippen molar-refractivity contribution in [3.05, 3.63) is 84.4 Å². The van der Waals surface area contributed by atoms with Gasteiger partial charge in [0.25, 0.3) is 20.0 Å². The van der Waals surface area contributed by atoms with Crippen molar-refractivity contribution in [3.8, 4) is 0 Å². The summed E-state index contributed by atoms with van der Waals surface area (Å²) in [5.41, 5.74) is 1.75. The minimum absolute atomic E-state index is 0.0331. The SMILES string of the molecule is Cc1ccc(NS(=O)(=O)c2ccc(NS(=O)(=O)c3ccccc3)cc2)cc1. The van der Waals surface area contributed by atoms with Gasteiger partial charge in [-0.2, -0.15) is 0 Å². The van der Waals surface area contributed by atoms with E-state index in [1.54, 1.807) is 42.5 Å². The van der Waals surface area contributed by atoms with Gasteiger partial charge in [0.15, 0.2) is 0 Å². The zero-order valence-corrected chi connectivity index (χ0v) is 16.1. The number of sulfonamides is 2. The number of anilines is 2. The van der Waals surface area contributed by atoms with E-state index in [0.717, 1.165) is 5.56 Å². The fourth-order valence-corrected chi connectivity index (χ4v) is 4.49. The van der Waals surface area contributed by atoms with Crippen molar-refractivity contribution in [2.24, 2.45) is 0 Å². The van der Waals surface area contributed by atoms with E-state index in [9.17, 15) is 16.8 Å². The number of hydrogen-bond donors (Lipinski definition) is 2. The predicted octanol–water partition coefficient (Wildman–Crippen LogP) is 3.60. The predicted molar refractivity (Wildman–Crippen MR) is 106 cm³/mol. The third kappa shape index (κ3) is 4.66. The molecule has 0 aliphatic heterocycles. The molecule has 0 radical (unpaired) electrons. The molecule has 3 aromatic rings. The minimum atomic E-state index is -3.77. The maximum Gasteiger partial charge on any atom is 0.261 e. The molecule has 0 aliphatic rings. The Morgan fingerprint density at radius 3 is 1.44 bits per heavy atom. The first-order valence-electron chi connectivity index (χ1n) is 8.04. The summed E-state index contributed by atoms with van der Waals surface area (Å²) in [5.74, 6) is 0. The summed E-state index contributed by atoms with van der Waals surface area (Å²) >= 11 is 0. The van der Waals surface area contributed by atoms with E-state index in [1.807, 2.05) is 6.92 Å². The molecule has 0 fully saturated rings. The molecule has 0 amide bonds. The van der Waals surface area contributed by atoms with Crippen molar-refractivity contribution in [1.82, 2.24) is 0 Å². The Labute approximate surface area is 159 Å². The summed E-state index contributed by atoms with van der Waals surface area (Å²) in [5, 5.41) is 0. The highest BCUT2D eigenvalue weighted by molar-refractivity contribution is 7.93. The lowest BCUT2D eigenvalue weighted by molar-refractivity contribution is 0.600. The summed E-state index contributed by atoms with van der Waals surface area (Å²) < 4.78 is 54.4. The molecule has 0 aliphatic carbocycles. The van der Waals surface area contributed by atoms with Crippen LogP contribution in [-0.4, -0.2) is 16.8 Å². The van der Waals surface area contributed by atoms with Crippen LogP contribution < -0.4 is 9.44 Å². The number of hydrogen-bond acceptors (Lipinski definition) is 4. The van der Waals surface area contributed by atoms with Crippen LogP contribution in [-0.2, 0) is 20.0 Å². The molecule has 0 saturated carbocycles. The van der Waals surface area contributed by atoms with Crippen molar-refractivity contribution in [2.45, 2.75) is 16.7 Å². The zero-order valence-electron chi connectivity index (χ0n) is 14.5. The van der Waals surface area contributed by atoms with E-state index in [4.69, 9.17) is 0 Å². The smallest absolute Gasteiger partial charge is 0.261 e. The maximum atomic E-state index is 12.5. The average Bonchev–Trinajstić information content (AvgIpc) is 2.64.